The molecule has 0 aliphatic heterocycles. The fourth-order valence-corrected chi connectivity index (χ4v) is 9.17. The second kappa shape index (κ2) is 17.0. The summed E-state index contributed by atoms with van der Waals surface area (Å²) in [4.78, 5) is 10.4. The lowest BCUT2D eigenvalue weighted by Gasteiger charge is -2.20. The van der Waals surface area contributed by atoms with Crippen molar-refractivity contribution in [1.29, 1.82) is 0 Å². The zero-order chi connectivity index (χ0) is 19.0. The lowest BCUT2D eigenvalue weighted by Crippen LogP contribution is -2.05. The molecule has 0 spiro atoms. The molecule has 0 saturated heterocycles. The molecule has 0 rings (SSSR count). The molecular formula is C20H43O2PS2. The van der Waals surface area contributed by atoms with E-state index in [1.165, 1.54) is 99.8 Å². The Bertz CT molecular complexity index is 312. The molecule has 0 radical (unpaired) electrons. The van der Waals surface area contributed by atoms with Gasteiger partial charge < -0.3 is 4.89 Å². The number of rotatable bonds is 18. The van der Waals surface area contributed by atoms with Crippen LogP contribution in [0.2, 0.25) is 0 Å². The Labute approximate surface area is 166 Å². The standard InChI is InChI=1S/C20H43O2PS2/c1-5-9-11-15-19(13-7-3)17-24-23(21,22)25-18-20(14-8-4)16-12-10-6-2/h19-20H,5-18H2,1-4H3,(H,21,22). The zero-order valence-electron chi connectivity index (χ0n) is 17.2. The highest BCUT2D eigenvalue weighted by Gasteiger charge is 2.24. The summed E-state index contributed by atoms with van der Waals surface area (Å²) < 4.78 is 12.6. The van der Waals surface area contributed by atoms with E-state index in [4.69, 9.17) is 0 Å². The smallest absolute Gasteiger partial charge is 0.310 e. The van der Waals surface area contributed by atoms with Gasteiger partial charge in [0.2, 0.25) is 0 Å². The molecule has 152 valence electrons. The van der Waals surface area contributed by atoms with Gasteiger partial charge in [-0.2, -0.15) is 0 Å². The lowest BCUT2D eigenvalue weighted by atomic mass is 9.99. The van der Waals surface area contributed by atoms with Crippen LogP contribution >= 0.6 is 28.5 Å². The summed E-state index contributed by atoms with van der Waals surface area (Å²) in [5.41, 5.74) is 0. The van der Waals surface area contributed by atoms with E-state index in [1.807, 2.05) is 0 Å². The molecule has 0 bridgehead atoms. The van der Waals surface area contributed by atoms with Crippen LogP contribution in [0.3, 0.4) is 0 Å². The predicted octanol–water partition coefficient (Wildman–Crippen LogP) is 8.55. The predicted molar refractivity (Wildman–Crippen MR) is 120 cm³/mol. The largest absolute Gasteiger partial charge is 0.329 e. The van der Waals surface area contributed by atoms with E-state index in [0.717, 1.165) is 11.5 Å². The summed E-state index contributed by atoms with van der Waals surface area (Å²) in [5.74, 6) is -0.165. The second-order valence-corrected chi connectivity index (χ2v) is 14.7. The lowest BCUT2D eigenvalue weighted by molar-refractivity contribution is 0.465. The van der Waals surface area contributed by atoms with Crippen LogP contribution in [0.15, 0.2) is 0 Å². The molecular weight excluding hydrogens is 367 g/mol. The maximum Gasteiger partial charge on any atom is 0.310 e. The van der Waals surface area contributed by atoms with Gasteiger partial charge in [0.25, 0.3) is 0 Å². The monoisotopic (exact) mass is 410 g/mol. The SMILES string of the molecule is CCCCCC(CCC)CSP(=O)(O)SCC(CCC)CCCCC. The van der Waals surface area contributed by atoms with Crippen LogP contribution in [0, 0.1) is 11.8 Å². The molecule has 2 unspecified atom stereocenters. The van der Waals surface area contributed by atoms with Crippen LogP contribution in [0.1, 0.15) is 105 Å². The van der Waals surface area contributed by atoms with E-state index in [-0.39, 0.29) is 0 Å². The molecule has 5 heteroatoms. The molecule has 0 saturated carbocycles. The Morgan fingerprint density at radius 1 is 0.680 bits per heavy atom. The maximum atomic E-state index is 12.6. The average Bonchev–Trinajstić information content (AvgIpc) is 2.58. The third kappa shape index (κ3) is 15.6. The molecule has 0 aromatic carbocycles. The molecule has 0 aromatic heterocycles. The zero-order valence-corrected chi connectivity index (χ0v) is 19.7. The van der Waals surface area contributed by atoms with Crippen LogP contribution in [0.4, 0.5) is 0 Å². The molecule has 2 atom stereocenters. The van der Waals surface area contributed by atoms with Gasteiger partial charge in [-0.3, -0.25) is 4.57 Å². The Morgan fingerprint density at radius 3 is 1.40 bits per heavy atom. The summed E-state index contributed by atoms with van der Waals surface area (Å²) in [5, 5.41) is 0. The molecule has 0 heterocycles. The van der Waals surface area contributed by atoms with Crippen molar-refractivity contribution in [3.63, 3.8) is 0 Å². The third-order valence-corrected chi connectivity index (χ3v) is 11.4. The van der Waals surface area contributed by atoms with Crippen LogP contribution < -0.4 is 0 Å². The van der Waals surface area contributed by atoms with Crippen LogP contribution in [0.5, 0.6) is 0 Å². The minimum absolute atomic E-state index is 0.610. The Morgan fingerprint density at radius 2 is 1.08 bits per heavy atom. The second-order valence-electron chi connectivity index (χ2n) is 7.36. The van der Waals surface area contributed by atoms with Crippen LogP contribution in [0.25, 0.3) is 0 Å². The van der Waals surface area contributed by atoms with Crippen LogP contribution in [-0.4, -0.2) is 16.4 Å². The summed E-state index contributed by atoms with van der Waals surface area (Å²) in [6.07, 6.45) is 14.8. The summed E-state index contributed by atoms with van der Waals surface area (Å²) in [6, 6.07) is 0. The highest BCUT2D eigenvalue weighted by Crippen LogP contribution is 2.66. The number of unbranched alkanes of at least 4 members (excludes halogenated alkanes) is 4. The van der Waals surface area contributed by atoms with E-state index >= 15 is 0 Å². The van der Waals surface area contributed by atoms with Crippen molar-refractivity contribution < 1.29 is 9.46 Å². The van der Waals surface area contributed by atoms with Crippen molar-refractivity contribution in [2.75, 3.05) is 11.5 Å². The van der Waals surface area contributed by atoms with Gasteiger partial charge in [-0.05, 0) is 37.5 Å². The van der Waals surface area contributed by atoms with Gasteiger partial charge in [0.1, 0.15) is 0 Å². The molecule has 0 amide bonds. The summed E-state index contributed by atoms with van der Waals surface area (Å²) in [7, 11) is 0. The van der Waals surface area contributed by atoms with E-state index in [9.17, 15) is 9.46 Å². The van der Waals surface area contributed by atoms with Gasteiger partial charge in [0, 0.05) is 11.5 Å². The molecule has 0 fully saturated rings. The highest BCUT2D eigenvalue weighted by molar-refractivity contribution is 8.88. The van der Waals surface area contributed by atoms with E-state index in [1.54, 1.807) is 0 Å². The topological polar surface area (TPSA) is 37.3 Å². The van der Waals surface area contributed by atoms with Crippen molar-refractivity contribution in [3.05, 3.63) is 0 Å². The first kappa shape index (κ1) is 25.9. The Balaban J connectivity index is 4.26. The van der Waals surface area contributed by atoms with Crippen LogP contribution in [-0.2, 0) is 4.57 Å². The van der Waals surface area contributed by atoms with Gasteiger partial charge in [0.15, 0.2) is 0 Å². The first-order chi connectivity index (χ1) is 12.0. The normalized spacial score (nSPS) is 16.5. The third-order valence-electron chi connectivity index (χ3n) is 4.77. The molecule has 0 aliphatic rings. The molecule has 0 aliphatic carbocycles. The van der Waals surface area contributed by atoms with Gasteiger partial charge in [0.05, 0.1) is 0 Å². The number of hydrogen-bond donors (Lipinski definition) is 1. The average molecular weight is 411 g/mol. The van der Waals surface area contributed by atoms with E-state index in [0.29, 0.717) is 11.8 Å². The highest BCUT2D eigenvalue weighted by atomic mass is 33.1. The Hall–Kier alpha value is 0.890. The molecule has 2 nitrogen and oxygen atoms in total. The minimum Gasteiger partial charge on any atom is -0.329 e. The quantitative estimate of drug-likeness (QED) is 0.181. The van der Waals surface area contributed by atoms with E-state index in [2.05, 4.69) is 27.7 Å². The van der Waals surface area contributed by atoms with Crippen molar-refractivity contribution in [3.8, 4) is 0 Å². The fraction of sp³-hybridized carbons (Fsp3) is 1.00. The van der Waals surface area contributed by atoms with Gasteiger partial charge in [-0.1, -0.05) is 102 Å². The molecule has 0 aromatic rings. The van der Waals surface area contributed by atoms with Gasteiger partial charge >= 0.3 is 5.77 Å². The van der Waals surface area contributed by atoms with E-state index < -0.39 is 5.77 Å². The van der Waals surface area contributed by atoms with Crippen molar-refractivity contribution in [2.24, 2.45) is 11.8 Å². The van der Waals surface area contributed by atoms with Crippen molar-refractivity contribution in [1.82, 2.24) is 0 Å². The molecule has 25 heavy (non-hydrogen) atoms. The van der Waals surface area contributed by atoms with Gasteiger partial charge in [-0.15, -0.1) is 0 Å². The van der Waals surface area contributed by atoms with Gasteiger partial charge in [-0.25, -0.2) is 0 Å². The van der Waals surface area contributed by atoms with Crippen molar-refractivity contribution in [2.45, 2.75) is 105 Å². The summed E-state index contributed by atoms with van der Waals surface area (Å²) >= 11 is 2.69. The summed E-state index contributed by atoms with van der Waals surface area (Å²) in [6.45, 7) is 8.90. The molecule has 1 N–H and O–H groups in total. The number of hydrogen-bond acceptors (Lipinski definition) is 3. The first-order valence-electron chi connectivity index (χ1n) is 10.6. The Kier molecular flexibility index (Phi) is 17.6. The van der Waals surface area contributed by atoms with Crippen molar-refractivity contribution >= 4 is 28.5 Å². The maximum absolute atomic E-state index is 12.6. The fourth-order valence-electron chi connectivity index (χ4n) is 3.24. The first-order valence-corrected chi connectivity index (χ1v) is 15.4. The minimum atomic E-state index is -3.09.